The van der Waals surface area contributed by atoms with Gasteiger partial charge in [-0.25, -0.2) is 0 Å². The maximum Gasteiger partial charge on any atom is 0.224 e. The molecular formula is C13H27N3O2. The van der Waals surface area contributed by atoms with E-state index in [4.69, 9.17) is 0 Å². The smallest absolute Gasteiger partial charge is 0.224 e. The molecule has 106 valence electrons. The van der Waals surface area contributed by atoms with E-state index in [2.05, 4.69) is 0 Å². The van der Waals surface area contributed by atoms with Gasteiger partial charge in [-0.15, -0.1) is 0 Å². The first kappa shape index (κ1) is 16.9. The summed E-state index contributed by atoms with van der Waals surface area (Å²) in [4.78, 5) is 28.9. The summed E-state index contributed by atoms with van der Waals surface area (Å²) in [5.41, 5.74) is 0. The molecule has 0 rings (SSSR count). The normalized spacial score (nSPS) is 10.6. The first-order valence-electron chi connectivity index (χ1n) is 6.60. The average molecular weight is 257 g/mol. The second-order valence-corrected chi connectivity index (χ2v) is 4.63. The van der Waals surface area contributed by atoms with Gasteiger partial charge >= 0.3 is 0 Å². The molecule has 0 spiro atoms. The molecule has 0 saturated carbocycles. The van der Waals surface area contributed by atoms with Gasteiger partial charge in [0.05, 0.1) is 0 Å². The van der Waals surface area contributed by atoms with Gasteiger partial charge in [-0.2, -0.15) is 0 Å². The largest absolute Gasteiger partial charge is 0.343 e. The van der Waals surface area contributed by atoms with Gasteiger partial charge in [0, 0.05) is 46.1 Å². The van der Waals surface area contributed by atoms with Crippen molar-refractivity contribution in [3.8, 4) is 0 Å². The van der Waals surface area contributed by atoms with Crippen LogP contribution in [0.3, 0.4) is 0 Å². The molecule has 0 aliphatic rings. The van der Waals surface area contributed by atoms with Gasteiger partial charge < -0.3 is 14.7 Å². The molecule has 0 unspecified atom stereocenters. The number of carbonyl (C=O) groups excluding carboxylic acids is 2. The van der Waals surface area contributed by atoms with E-state index in [1.807, 2.05) is 32.8 Å². The summed E-state index contributed by atoms with van der Waals surface area (Å²) in [5.74, 6) is 0.153. The molecule has 5 heteroatoms. The molecule has 0 fully saturated rings. The predicted octanol–water partition coefficient (Wildman–Crippen LogP) is 0.655. The minimum absolute atomic E-state index is 0.0317. The van der Waals surface area contributed by atoms with E-state index >= 15 is 0 Å². The number of rotatable bonds is 8. The molecule has 18 heavy (non-hydrogen) atoms. The van der Waals surface area contributed by atoms with Gasteiger partial charge in [0.2, 0.25) is 11.8 Å². The zero-order chi connectivity index (χ0) is 14.1. The molecule has 0 aromatic carbocycles. The molecule has 5 nitrogen and oxygen atoms in total. The summed E-state index contributed by atoms with van der Waals surface area (Å²) in [6, 6.07) is 0. The zero-order valence-electron chi connectivity index (χ0n) is 12.4. The maximum absolute atomic E-state index is 11.8. The van der Waals surface area contributed by atoms with E-state index in [9.17, 15) is 9.59 Å². The summed E-state index contributed by atoms with van der Waals surface area (Å²) in [7, 11) is 3.94. The predicted molar refractivity (Wildman–Crippen MR) is 73.4 cm³/mol. The first-order chi connectivity index (χ1) is 8.42. The molecule has 2 amide bonds. The van der Waals surface area contributed by atoms with Gasteiger partial charge in [0.1, 0.15) is 0 Å². The third kappa shape index (κ3) is 6.59. The fraction of sp³-hybridized carbons (Fsp3) is 0.846. The molecule has 0 aromatic rings. The van der Waals surface area contributed by atoms with Crippen molar-refractivity contribution >= 4 is 11.8 Å². The lowest BCUT2D eigenvalue weighted by molar-refractivity contribution is -0.133. The summed E-state index contributed by atoms with van der Waals surface area (Å²) in [6.45, 7) is 8.95. The summed E-state index contributed by atoms with van der Waals surface area (Å²) < 4.78 is 0. The second kappa shape index (κ2) is 8.91. The molecule has 0 aliphatic heterocycles. The Labute approximate surface area is 111 Å². The quantitative estimate of drug-likeness (QED) is 0.641. The van der Waals surface area contributed by atoms with Crippen LogP contribution >= 0.6 is 0 Å². The zero-order valence-corrected chi connectivity index (χ0v) is 12.4. The molecule has 0 bridgehead atoms. The van der Waals surface area contributed by atoms with Crippen molar-refractivity contribution in [3.63, 3.8) is 0 Å². The van der Waals surface area contributed by atoms with E-state index in [0.29, 0.717) is 19.5 Å². The molecule has 0 radical (unpaired) electrons. The molecule has 0 aliphatic carbocycles. The van der Waals surface area contributed by atoms with Gasteiger partial charge in [-0.1, -0.05) is 0 Å². The van der Waals surface area contributed by atoms with Crippen LogP contribution in [0.2, 0.25) is 0 Å². The minimum atomic E-state index is 0.0317. The Morgan fingerprint density at radius 1 is 0.889 bits per heavy atom. The van der Waals surface area contributed by atoms with E-state index in [-0.39, 0.29) is 11.8 Å². The topological polar surface area (TPSA) is 43.9 Å². The molecule has 0 heterocycles. The van der Waals surface area contributed by atoms with Crippen LogP contribution in [0.15, 0.2) is 0 Å². The number of nitrogens with zero attached hydrogens (tertiary/aromatic N) is 3. The van der Waals surface area contributed by atoms with E-state index < -0.39 is 0 Å². The molecule has 0 saturated heterocycles. The van der Waals surface area contributed by atoms with Crippen molar-refractivity contribution in [2.75, 3.05) is 46.8 Å². The van der Waals surface area contributed by atoms with E-state index in [1.165, 1.54) is 0 Å². The van der Waals surface area contributed by atoms with Crippen LogP contribution in [-0.2, 0) is 9.59 Å². The molecule has 0 atom stereocenters. The lowest BCUT2D eigenvalue weighted by Gasteiger charge is -2.24. The maximum atomic E-state index is 11.8. The number of hydrogen-bond donors (Lipinski definition) is 0. The first-order valence-corrected chi connectivity index (χ1v) is 6.60. The monoisotopic (exact) mass is 257 g/mol. The molecule has 0 N–H and O–H groups in total. The van der Waals surface area contributed by atoms with Crippen molar-refractivity contribution in [2.24, 2.45) is 0 Å². The Hall–Kier alpha value is -1.10. The van der Waals surface area contributed by atoms with Crippen molar-refractivity contribution in [1.82, 2.24) is 14.7 Å². The van der Waals surface area contributed by atoms with Crippen LogP contribution in [0, 0.1) is 0 Å². The van der Waals surface area contributed by atoms with Crippen LogP contribution in [-0.4, -0.2) is 73.3 Å². The fourth-order valence-corrected chi connectivity index (χ4v) is 1.71. The fourth-order valence-electron chi connectivity index (χ4n) is 1.71. The van der Waals surface area contributed by atoms with Gasteiger partial charge in [0.25, 0.3) is 0 Å². The Bertz CT molecular complexity index is 263. The highest BCUT2D eigenvalue weighted by molar-refractivity contribution is 5.78. The highest BCUT2D eigenvalue weighted by Gasteiger charge is 2.14. The Kier molecular flexibility index (Phi) is 8.37. The van der Waals surface area contributed by atoms with Crippen LogP contribution in [0.4, 0.5) is 0 Å². The van der Waals surface area contributed by atoms with Crippen LogP contribution in [0.1, 0.15) is 27.2 Å². The van der Waals surface area contributed by atoms with Crippen LogP contribution in [0.5, 0.6) is 0 Å². The number of hydrogen-bond acceptors (Lipinski definition) is 3. The molecular weight excluding hydrogens is 230 g/mol. The van der Waals surface area contributed by atoms with Gasteiger partial charge in [0.15, 0.2) is 0 Å². The SMILES string of the molecule is CCN(CC)C(=O)CCN(CCN(C)C)C(C)=O. The van der Waals surface area contributed by atoms with Gasteiger partial charge in [-0.05, 0) is 27.9 Å². The average Bonchev–Trinajstić information content (AvgIpc) is 2.29. The summed E-state index contributed by atoms with van der Waals surface area (Å²) in [6.07, 6.45) is 0.411. The third-order valence-corrected chi connectivity index (χ3v) is 2.97. The lowest BCUT2D eigenvalue weighted by atomic mass is 10.3. The summed E-state index contributed by atoms with van der Waals surface area (Å²) >= 11 is 0. The van der Waals surface area contributed by atoms with E-state index in [1.54, 1.807) is 16.7 Å². The van der Waals surface area contributed by atoms with Crippen LogP contribution in [0.25, 0.3) is 0 Å². The third-order valence-electron chi connectivity index (χ3n) is 2.97. The lowest BCUT2D eigenvalue weighted by Crippen LogP contribution is -2.39. The Balaban J connectivity index is 4.18. The number of likely N-dealkylation sites (N-methyl/N-ethyl adjacent to an activating group) is 1. The van der Waals surface area contributed by atoms with Crippen molar-refractivity contribution in [2.45, 2.75) is 27.2 Å². The molecule has 0 aromatic heterocycles. The van der Waals surface area contributed by atoms with Gasteiger partial charge in [-0.3, -0.25) is 9.59 Å². The highest BCUT2D eigenvalue weighted by Crippen LogP contribution is 1.98. The van der Waals surface area contributed by atoms with Crippen molar-refractivity contribution in [3.05, 3.63) is 0 Å². The van der Waals surface area contributed by atoms with E-state index in [0.717, 1.165) is 19.6 Å². The second-order valence-electron chi connectivity index (χ2n) is 4.63. The highest BCUT2D eigenvalue weighted by atomic mass is 16.2. The van der Waals surface area contributed by atoms with Crippen molar-refractivity contribution in [1.29, 1.82) is 0 Å². The van der Waals surface area contributed by atoms with Crippen molar-refractivity contribution < 1.29 is 9.59 Å². The summed E-state index contributed by atoms with van der Waals surface area (Å²) in [5, 5.41) is 0. The Morgan fingerprint density at radius 2 is 1.44 bits per heavy atom. The van der Waals surface area contributed by atoms with Crippen LogP contribution < -0.4 is 0 Å². The number of carbonyl (C=O) groups is 2. The minimum Gasteiger partial charge on any atom is -0.343 e. The standard InChI is InChI=1S/C13H27N3O2/c1-6-15(7-2)13(18)8-9-16(12(3)17)11-10-14(4)5/h6-11H2,1-5H3. The Morgan fingerprint density at radius 3 is 1.83 bits per heavy atom. The number of amides is 2.